The van der Waals surface area contributed by atoms with Crippen molar-refractivity contribution in [2.24, 2.45) is 5.92 Å². The van der Waals surface area contributed by atoms with Crippen molar-refractivity contribution in [1.82, 2.24) is 25.3 Å². The summed E-state index contributed by atoms with van der Waals surface area (Å²) < 4.78 is 27.8. The lowest BCUT2D eigenvalue weighted by atomic mass is 9.70. The van der Waals surface area contributed by atoms with Gasteiger partial charge in [0.2, 0.25) is 5.91 Å². The zero-order chi connectivity index (χ0) is 28.6. The second-order valence-corrected chi connectivity index (χ2v) is 12.5. The number of likely N-dealkylation sites (tertiary alicyclic amines) is 1. The highest BCUT2D eigenvalue weighted by Gasteiger charge is 2.51. The van der Waals surface area contributed by atoms with Gasteiger partial charge in [0.15, 0.2) is 17.9 Å². The monoisotopic (exact) mass is 566 g/mol. The Hall–Kier alpha value is -2.55. The molecule has 0 bridgehead atoms. The number of rotatable bonds is 6. The second kappa shape index (κ2) is 12.0. The molecule has 0 aromatic heterocycles. The predicted octanol–water partition coefficient (Wildman–Crippen LogP) is 2.58. The van der Waals surface area contributed by atoms with Crippen molar-refractivity contribution < 1.29 is 18.7 Å². The van der Waals surface area contributed by atoms with Crippen molar-refractivity contribution >= 4 is 5.91 Å². The van der Waals surface area contributed by atoms with E-state index in [4.69, 9.17) is 9.47 Å². The van der Waals surface area contributed by atoms with Gasteiger partial charge >= 0.3 is 0 Å². The van der Waals surface area contributed by atoms with E-state index >= 15 is 0 Å². The lowest BCUT2D eigenvalue weighted by molar-refractivity contribution is -0.139. The van der Waals surface area contributed by atoms with E-state index < -0.39 is 5.60 Å². The van der Waals surface area contributed by atoms with Gasteiger partial charge in [-0.25, -0.2) is 4.39 Å². The summed E-state index contributed by atoms with van der Waals surface area (Å²) >= 11 is 0. The molecule has 1 saturated carbocycles. The zero-order valence-electron chi connectivity index (χ0n) is 24.1. The summed E-state index contributed by atoms with van der Waals surface area (Å²) in [6.07, 6.45) is 7.89. The number of nitriles is 1. The van der Waals surface area contributed by atoms with Crippen LogP contribution >= 0.6 is 0 Å². The smallest absolute Gasteiger partial charge is 0.246 e. The molecule has 0 radical (unpaired) electrons. The van der Waals surface area contributed by atoms with Crippen LogP contribution in [0.2, 0.25) is 0 Å². The highest BCUT2D eigenvalue weighted by Crippen LogP contribution is 2.46. The van der Waals surface area contributed by atoms with E-state index in [1.165, 1.54) is 18.6 Å². The molecular formula is C31H43FN6O3. The number of benzene rings is 1. The molecule has 9 nitrogen and oxygen atoms in total. The van der Waals surface area contributed by atoms with Crippen LogP contribution < -0.4 is 15.4 Å². The van der Waals surface area contributed by atoms with Gasteiger partial charge in [-0.1, -0.05) is 18.7 Å². The summed E-state index contributed by atoms with van der Waals surface area (Å²) in [6.45, 7) is 7.28. The van der Waals surface area contributed by atoms with Crippen molar-refractivity contribution in [3.8, 4) is 11.8 Å². The maximum Gasteiger partial charge on any atom is 0.246 e. The molecule has 6 unspecified atom stereocenters. The van der Waals surface area contributed by atoms with Crippen molar-refractivity contribution in [3.63, 3.8) is 0 Å². The molecule has 4 heterocycles. The Balaban J connectivity index is 1.21. The molecule has 1 aromatic carbocycles. The van der Waals surface area contributed by atoms with Crippen molar-refractivity contribution in [1.29, 1.82) is 5.26 Å². The molecule has 222 valence electrons. The highest BCUT2D eigenvalue weighted by atomic mass is 19.1. The fraction of sp³-hybridized carbons (Fsp3) is 0.677. The number of fused-ring (bicyclic) bond motifs is 2. The number of nitrogens with zero attached hydrogens (tertiary/aromatic N) is 4. The van der Waals surface area contributed by atoms with Gasteiger partial charge < -0.3 is 19.3 Å². The summed E-state index contributed by atoms with van der Waals surface area (Å²) in [5.41, 5.74) is 0.547. The Morgan fingerprint density at radius 3 is 2.93 bits per heavy atom. The van der Waals surface area contributed by atoms with Crippen LogP contribution in [0.1, 0.15) is 50.5 Å². The largest absolute Gasteiger partial charge is 0.484 e. The molecule has 2 N–H and O–H groups in total. The Morgan fingerprint density at radius 1 is 1.27 bits per heavy atom. The second-order valence-electron chi connectivity index (χ2n) is 12.5. The Bertz CT molecular complexity index is 1180. The first-order valence-corrected chi connectivity index (χ1v) is 15.2. The first-order valence-electron chi connectivity index (χ1n) is 15.2. The zero-order valence-corrected chi connectivity index (χ0v) is 24.1. The van der Waals surface area contributed by atoms with Gasteiger partial charge in [-0.3, -0.25) is 20.3 Å². The predicted molar refractivity (Wildman–Crippen MR) is 152 cm³/mol. The van der Waals surface area contributed by atoms with E-state index in [1.807, 2.05) is 6.07 Å². The van der Waals surface area contributed by atoms with Crippen molar-refractivity contribution in [2.75, 3.05) is 39.8 Å². The molecule has 10 heteroatoms. The van der Waals surface area contributed by atoms with Gasteiger partial charge in [0.05, 0.1) is 31.3 Å². The van der Waals surface area contributed by atoms with E-state index in [9.17, 15) is 14.4 Å². The van der Waals surface area contributed by atoms with Gasteiger partial charge in [-0.2, -0.15) is 5.26 Å². The number of carbonyl (C=O) groups excluding carboxylic acids is 1. The van der Waals surface area contributed by atoms with Crippen LogP contribution in [0.15, 0.2) is 30.9 Å². The number of para-hydroxylation sites is 1. The number of hydrogen-bond acceptors (Lipinski definition) is 8. The summed E-state index contributed by atoms with van der Waals surface area (Å²) in [6, 6.07) is 7.84. The van der Waals surface area contributed by atoms with E-state index in [2.05, 4.69) is 40.1 Å². The molecule has 1 aliphatic carbocycles. The Morgan fingerprint density at radius 2 is 2.15 bits per heavy atom. The molecule has 4 aliphatic heterocycles. The van der Waals surface area contributed by atoms with E-state index in [0.717, 1.165) is 50.6 Å². The summed E-state index contributed by atoms with van der Waals surface area (Å²) in [5, 5.41) is 17.0. The number of hydrogen-bond donors (Lipinski definition) is 2. The third kappa shape index (κ3) is 5.75. The normalized spacial score (nSPS) is 35.8. The summed E-state index contributed by atoms with van der Waals surface area (Å²) in [7, 11) is 2.16. The fourth-order valence-electron chi connectivity index (χ4n) is 7.87. The average Bonchev–Trinajstić information content (AvgIpc) is 3.40. The van der Waals surface area contributed by atoms with Gasteiger partial charge in [-0.15, -0.1) is 0 Å². The fourth-order valence-corrected chi connectivity index (χ4v) is 7.87. The lowest BCUT2D eigenvalue weighted by Gasteiger charge is -2.55. The van der Waals surface area contributed by atoms with Crippen LogP contribution in [0.5, 0.6) is 5.75 Å². The molecule has 41 heavy (non-hydrogen) atoms. The van der Waals surface area contributed by atoms with E-state index in [1.54, 1.807) is 11.0 Å². The molecule has 7 atom stereocenters. The number of likely N-dealkylation sites (N-methyl/N-ethyl adjacent to an activating group) is 1. The van der Waals surface area contributed by atoms with Crippen LogP contribution in [0, 0.1) is 23.1 Å². The number of nitrogens with one attached hydrogen (secondary N) is 2. The molecule has 1 amide bonds. The quantitative estimate of drug-likeness (QED) is 0.508. The van der Waals surface area contributed by atoms with Crippen molar-refractivity contribution in [2.45, 2.75) is 87.6 Å². The third-order valence-electron chi connectivity index (χ3n) is 10.2. The molecule has 6 rings (SSSR count). The number of amides is 1. The Kier molecular flexibility index (Phi) is 8.35. The molecule has 1 spiro atoms. The number of carbonyl (C=O) groups is 1. The van der Waals surface area contributed by atoms with Crippen molar-refractivity contribution in [3.05, 3.63) is 42.2 Å². The highest BCUT2D eigenvalue weighted by molar-refractivity contribution is 5.87. The summed E-state index contributed by atoms with van der Waals surface area (Å²) in [4.78, 5) is 19.1. The summed E-state index contributed by atoms with van der Waals surface area (Å²) in [5.74, 6) is 0.300. The topological polar surface area (TPSA) is 93.1 Å². The standard InChI is InChI=1S/C31H43FN6O3/c1-3-27(39)38-17-16-37(19-22(38)11-14-33)29-24-10-13-31(12-9-21-6-4-8-25(32)28(21)41-31)18-26(24)34-30(35-29)40-20-23-7-5-15-36(23)2/h3-4,6,8,22-24,26,29-30,34-35H,1,5,7,9-13,15-20H2,2H3/t22?,23?,24?,26?,29?,30?,31-/m0/s1. The minimum atomic E-state index is -0.403. The van der Waals surface area contributed by atoms with Gasteiger partial charge in [0.1, 0.15) is 5.60 Å². The molecule has 1 aromatic rings. The van der Waals surface area contributed by atoms with E-state index in [0.29, 0.717) is 38.0 Å². The van der Waals surface area contributed by atoms with E-state index in [-0.39, 0.29) is 48.7 Å². The van der Waals surface area contributed by atoms with Crippen LogP contribution in [0.4, 0.5) is 4.39 Å². The minimum absolute atomic E-state index is 0.0275. The van der Waals surface area contributed by atoms with Crippen LogP contribution in [-0.4, -0.2) is 96.7 Å². The van der Waals surface area contributed by atoms with Crippen LogP contribution in [0.25, 0.3) is 0 Å². The Labute approximate surface area is 242 Å². The van der Waals surface area contributed by atoms with Gasteiger partial charge in [0, 0.05) is 44.1 Å². The minimum Gasteiger partial charge on any atom is -0.484 e. The molecular weight excluding hydrogens is 523 g/mol. The lowest BCUT2D eigenvalue weighted by Crippen LogP contribution is -2.73. The average molecular weight is 567 g/mol. The first kappa shape index (κ1) is 28.6. The number of aryl methyl sites for hydroxylation is 1. The number of ether oxygens (including phenoxy) is 2. The van der Waals surface area contributed by atoms with Gasteiger partial charge in [-0.05, 0) is 69.8 Å². The van der Waals surface area contributed by atoms with Crippen LogP contribution in [0.3, 0.4) is 0 Å². The molecule has 4 fully saturated rings. The SMILES string of the molecule is C=CC(=O)N1CCN(C2NC(OCC3CCCN3C)NC3C[C@]4(CCc5cccc(F)c5O4)CCC32)CC1CC#N. The maximum absolute atomic E-state index is 14.8. The molecule has 3 saturated heterocycles. The number of piperazine rings is 1. The third-order valence-corrected chi connectivity index (χ3v) is 10.2. The maximum atomic E-state index is 14.8. The molecule has 5 aliphatic rings. The van der Waals surface area contributed by atoms with Crippen LogP contribution in [-0.2, 0) is 16.0 Å². The number of halogens is 1. The van der Waals surface area contributed by atoms with Gasteiger partial charge in [0.25, 0.3) is 0 Å². The first-order chi connectivity index (χ1) is 19.9.